The molecule has 0 bridgehead atoms. The molecule has 0 amide bonds. The summed E-state index contributed by atoms with van der Waals surface area (Å²) in [5.74, 6) is 0. The Morgan fingerprint density at radius 3 is 0.870 bits per heavy atom. The largest absolute Gasteiger partial charge is 2.00 e. The van der Waals surface area contributed by atoms with Gasteiger partial charge in [0.25, 0.3) is 0 Å². The van der Waals surface area contributed by atoms with Gasteiger partial charge in [-0.05, 0) is 0 Å². The van der Waals surface area contributed by atoms with Crippen LogP contribution in [0.1, 0.15) is 98.3 Å². The van der Waals surface area contributed by atoms with Gasteiger partial charge >= 0.3 is 47.8 Å². The second kappa shape index (κ2) is 64.2. The fourth-order valence-electron chi connectivity index (χ4n) is 1.56. The van der Waals surface area contributed by atoms with E-state index in [1.54, 1.807) is 0 Å². The molecule has 0 N–H and O–H groups in total. The van der Waals surface area contributed by atoms with E-state index in [0.29, 0.717) is 0 Å². The van der Waals surface area contributed by atoms with Crippen LogP contribution in [-0.4, -0.2) is 47.8 Å². The van der Waals surface area contributed by atoms with Crippen LogP contribution >= 0.6 is 0 Å². The smallest absolute Gasteiger partial charge is 1.00 e. The Morgan fingerprint density at radius 2 is 0.696 bits per heavy atom. The zero-order valence-corrected chi connectivity index (χ0v) is 23.1. The zero-order chi connectivity index (χ0) is 12.5. The first kappa shape index (κ1) is 56.2. The van der Waals surface area contributed by atoms with Crippen molar-refractivity contribution in [1.82, 2.24) is 0 Å². The number of halogens is 4. The Morgan fingerprint density at radius 1 is 0.478 bits per heavy atom. The van der Waals surface area contributed by atoms with Gasteiger partial charge in [-0.2, -0.15) is 0 Å². The molecule has 23 heavy (non-hydrogen) atoms. The van der Waals surface area contributed by atoms with Gasteiger partial charge < -0.3 is 49.6 Å². The van der Waals surface area contributed by atoms with E-state index in [9.17, 15) is 0 Å². The van der Waals surface area contributed by atoms with Gasteiger partial charge in [-0.15, -0.1) is 0 Å². The Kier molecular flexibility index (Phi) is 157. The number of hydrogen-bond acceptors (Lipinski definition) is 0. The predicted octanol–water partition coefficient (Wildman–Crippen LogP) is -5.75. The third-order valence-corrected chi connectivity index (χ3v) is 2.71. The van der Waals surface area contributed by atoms with Crippen LogP contribution in [0.4, 0.5) is 0 Å². The van der Waals surface area contributed by atoms with Crippen molar-refractivity contribution in [2.75, 3.05) is 0 Å². The summed E-state index contributed by atoms with van der Waals surface area (Å²) in [4.78, 5) is 0. The van der Waals surface area contributed by atoms with Crippen molar-refractivity contribution in [2.24, 2.45) is 0 Å². The third-order valence-electron chi connectivity index (χ3n) is 2.71. The van der Waals surface area contributed by atoms with Crippen molar-refractivity contribution in [3.63, 3.8) is 0 Å². The predicted molar refractivity (Wildman–Crippen MR) is 95.7 cm³/mol. The molecule has 0 fully saturated rings. The van der Waals surface area contributed by atoms with Crippen molar-refractivity contribution in [3.05, 3.63) is 13.8 Å². The van der Waals surface area contributed by atoms with E-state index in [1.807, 2.05) is 0 Å². The first-order valence-corrected chi connectivity index (χ1v) is 7.41. The Bertz CT molecular complexity index is 86.6. The van der Waals surface area contributed by atoms with Crippen LogP contribution < -0.4 is 49.6 Å². The molecule has 0 atom stereocenters. The van der Waals surface area contributed by atoms with Crippen molar-refractivity contribution >= 4 is 47.8 Å². The molecule has 0 aliphatic heterocycles. The van der Waals surface area contributed by atoms with Crippen LogP contribution in [0, 0.1) is 13.8 Å². The molecule has 0 unspecified atom stereocenters. The van der Waals surface area contributed by atoms with Gasteiger partial charge in [0.1, 0.15) is 0 Å². The summed E-state index contributed by atoms with van der Waals surface area (Å²) in [6, 6.07) is 0. The van der Waals surface area contributed by atoms with Gasteiger partial charge in [0.15, 0.2) is 0 Å². The standard InChI is InChI=1S/2C8H17.CH4.4ClH.2Sn/c2*1-3-5-7-8-6-4-2;;;;;;;/h2*1,3-8H2,2H3;1H4;4*1H;;/q;;;;;;;2*+2/p-4. The molecule has 0 heterocycles. The molecule has 0 rings (SSSR count). The summed E-state index contributed by atoms with van der Waals surface area (Å²) in [5, 5.41) is 0. The van der Waals surface area contributed by atoms with Gasteiger partial charge in [-0.1, -0.05) is 112 Å². The minimum Gasteiger partial charge on any atom is -1.00 e. The van der Waals surface area contributed by atoms with Crippen LogP contribution in [0.15, 0.2) is 0 Å². The monoisotopic (exact) mass is 622 g/mol. The summed E-state index contributed by atoms with van der Waals surface area (Å²) in [6.45, 7) is 12.0. The molecule has 0 saturated carbocycles. The maximum atomic E-state index is 3.78. The summed E-state index contributed by atoms with van der Waals surface area (Å²) in [5.41, 5.74) is 0. The Labute approximate surface area is 207 Å². The Balaban J connectivity index is -0.0000000187. The molecule has 0 aromatic heterocycles. The van der Waals surface area contributed by atoms with E-state index < -0.39 is 0 Å². The number of unbranched alkanes of at least 4 members (excludes halogenated alkanes) is 10. The van der Waals surface area contributed by atoms with E-state index in [4.69, 9.17) is 0 Å². The molecular weight excluding hydrogens is 583 g/mol. The average Bonchev–Trinajstić information content (AvgIpc) is 2.31. The van der Waals surface area contributed by atoms with Gasteiger partial charge in [-0.25, -0.2) is 0 Å². The van der Waals surface area contributed by atoms with E-state index in [-0.39, 0.29) is 105 Å². The van der Waals surface area contributed by atoms with Crippen LogP contribution in [-0.2, 0) is 0 Å². The molecule has 0 saturated heterocycles. The van der Waals surface area contributed by atoms with Crippen LogP contribution in [0.2, 0.25) is 0 Å². The molecule has 0 aromatic carbocycles. The summed E-state index contributed by atoms with van der Waals surface area (Å²) in [7, 11) is 0. The SMILES string of the molecule is C.[CH2]CCCCCCC.[CH2]CCCCCCC.[Cl-].[Cl-].[Cl-].[Cl-].[Sn+2].[Sn+2]. The molecular formula is C17H38Cl4Sn2. The summed E-state index contributed by atoms with van der Waals surface area (Å²) >= 11 is 0. The van der Waals surface area contributed by atoms with Crippen LogP contribution in [0.25, 0.3) is 0 Å². The van der Waals surface area contributed by atoms with Crippen LogP contribution in [0.3, 0.4) is 0 Å². The molecule has 0 spiro atoms. The van der Waals surface area contributed by atoms with Gasteiger partial charge in [0.05, 0.1) is 0 Å². The van der Waals surface area contributed by atoms with E-state index >= 15 is 0 Å². The quantitative estimate of drug-likeness (QED) is 0.169. The summed E-state index contributed by atoms with van der Waals surface area (Å²) in [6.07, 6.45) is 16.0. The second-order valence-electron chi connectivity index (χ2n) is 4.54. The van der Waals surface area contributed by atoms with Crippen molar-refractivity contribution in [1.29, 1.82) is 0 Å². The molecule has 6 radical (unpaired) electrons. The molecule has 0 aromatic rings. The van der Waals surface area contributed by atoms with E-state index in [1.165, 1.54) is 64.2 Å². The minimum absolute atomic E-state index is 0. The average molecular weight is 622 g/mol. The van der Waals surface area contributed by atoms with Gasteiger partial charge in [-0.3, -0.25) is 0 Å². The molecule has 0 nitrogen and oxygen atoms in total. The number of hydrogen-bond donors (Lipinski definition) is 0. The van der Waals surface area contributed by atoms with E-state index in [0.717, 1.165) is 12.8 Å². The number of rotatable bonds is 10. The maximum Gasteiger partial charge on any atom is 2.00 e. The Hall–Kier alpha value is 2.76. The van der Waals surface area contributed by atoms with Crippen molar-refractivity contribution in [3.8, 4) is 0 Å². The zero-order valence-electron chi connectivity index (χ0n) is 14.4. The normalized spacial score (nSPS) is 6.78. The van der Waals surface area contributed by atoms with Crippen LogP contribution in [0.5, 0.6) is 0 Å². The maximum absolute atomic E-state index is 3.78. The first-order valence-electron chi connectivity index (χ1n) is 7.41. The van der Waals surface area contributed by atoms with Gasteiger partial charge in [0, 0.05) is 0 Å². The second-order valence-corrected chi connectivity index (χ2v) is 4.54. The first-order chi connectivity index (χ1) is 7.83. The summed E-state index contributed by atoms with van der Waals surface area (Å²) < 4.78 is 0. The van der Waals surface area contributed by atoms with Gasteiger partial charge in [0.2, 0.25) is 0 Å². The molecule has 142 valence electrons. The molecule has 0 aliphatic rings. The topological polar surface area (TPSA) is 0 Å². The fraction of sp³-hybridized carbons (Fsp3) is 0.882. The minimum atomic E-state index is 0. The van der Waals surface area contributed by atoms with Crippen molar-refractivity contribution in [2.45, 2.75) is 98.3 Å². The molecule has 0 aliphatic carbocycles. The third kappa shape index (κ3) is 78.8. The fourth-order valence-corrected chi connectivity index (χ4v) is 1.56. The molecule has 6 heteroatoms. The van der Waals surface area contributed by atoms with E-state index in [2.05, 4.69) is 27.7 Å². The van der Waals surface area contributed by atoms with Crippen molar-refractivity contribution < 1.29 is 49.6 Å².